The van der Waals surface area contributed by atoms with Gasteiger partial charge in [0.05, 0.1) is 0 Å². The molecule has 0 N–H and O–H groups in total. The lowest BCUT2D eigenvalue weighted by Gasteiger charge is -2.04. The summed E-state index contributed by atoms with van der Waals surface area (Å²) in [5, 5.41) is 0. The second kappa shape index (κ2) is 31.7. The molecule has 0 heterocycles. The topological polar surface area (TPSA) is 17.1 Å². The fourth-order valence-electron chi connectivity index (χ4n) is 5.19. The van der Waals surface area contributed by atoms with Crippen LogP contribution >= 0.6 is 0 Å². The first kappa shape index (κ1) is 34.7. The van der Waals surface area contributed by atoms with Crippen LogP contribution in [0.2, 0.25) is 0 Å². The number of ketones is 1. The van der Waals surface area contributed by atoms with Crippen molar-refractivity contribution in [3.05, 3.63) is 6.42 Å². The summed E-state index contributed by atoms with van der Waals surface area (Å²) in [6.45, 7) is 4.58. The molecule has 1 heteroatoms. The molecule has 0 rings (SSSR count). The van der Waals surface area contributed by atoms with Crippen LogP contribution in [0.5, 0.6) is 0 Å². The Morgan fingerprint density at radius 1 is 0.400 bits per heavy atom. The van der Waals surface area contributed by atoms with Gasteiger partial charge < -0.3 is 0 Å². The Labute approximate surface area is 223 Å². The molecule has 0 bridgehead atoms. The number of hydrogen-bond acceptors (Lipinski definition) is 1. The molecule has 0 spiro atoms. The van der Waals surface area contributed by atoms with E-state index in [0.29, 0.717) is 5.78 Å². The third-order valence-electron chi connectivity index (χ3n) is 7.69. The highest BCUT2D eigenvalue weighted by molar-refractivity contribution is 5.79. The van der Waals surface area contributed by atoms with E-state index in [1.807, 2.05) is 0 Å². The van der Waals surface area contributed by atoms with Gasteiger partial charge in [-0.05, 0) is 19.3 Å². The Hall–Kier alpha value is -0.330. The highest BCUT2D eigenvalue weighted by atomic mass is 16.1. The molecule has 0 aliphatic rings. The maximum absolute atomic E-state index is 12.1. The standard InChI is InChI=1S/C34H67O/c1-3-5-7-9-11-13-15-17-19-21-23-25-27-29-31-33-34(35)32-30-28-26-24-22-20-18-16-14-12-10-8-6-4-2/h30H,3-29,31-33H2,1-2H3. The van der Waals surface area contributed by atoms with Gasteiger partial charge in [0, 0.05) is 12.8 Å². The molecule has 0 atom stereocenters. The van der Waals surface area contributed by atoms with Crippen molar-refractivity contribution in [1.82, 2.24) is 0 Å². The van der Waals surface area contributed by atoms with E-state index in [0.717, 1.165) is 25.7 Å². The lowest BCUT2D eigenvalue weighted by Crippen LogP contribution is -1.98. The van der Waals surface area contributed by atoms with Crippen molar-refractivity contribution >= 4 is 5.78 Å². The van der Waals surface area contributed by atoms with E-state index in [2.05, 4.69) is 20.3 Å². The zero-order valence-electron chi connectivity index (χ0n) is 24.7. The third-order valence-corrected chi connectivity index (χ3v) is 7.69. The Kier molecular flexibility index (Phi) is 31.4. The first-order valence-electron chi connectivity index (χ1n) is 16.6. The molecule has 0 aliphatic heterocycles. The van der Waals surface area contributed by atoms with Crippen molar-refractivity contribution in [2.75, 3.05) is 0 Å². The largest absolute Gasteiger partial charge is 0.300 e. The molecule has 0 amide bonds. The van der Waals surface area contributed by atoms with Crippen molar-refractivity contribution in [2.45, 2.75) is 206 Å². The number of carbonyl (C=O) groups excluding carboxylic acids is 1. The van der Waals surface area contributed by atoms with E-state index in [1.165, 1.54) is 167 Å². The summed E-state index contributed by atoms with van der Waals surface area (Å²) in [5.41, 5.74) is 0. The van der Waals surface area contributed by atoms with Gasteiger partial charge in [-0.2, -0.15) is 0 Å². The predicted octanol–water partition coefficient (Wildman–Crippen LogP) is 12.5. The van der Waals surface area contributed by atoms with Crippen molar-refractivity contribution in [2.24, 2.45) is 0 Å². The summed E-state index contributed by atoms with van der Waals surface area (Å²) >= 11 is 0. The highest BCUT2D eigenvalue weighted by Crippen LogP contribution is 2.15. The van der Waals surface area contributed by atoms with E-state index in [4.69, 9.17) is 0 Å². The van der Waals surface area contributed by atoms with Gasteiger partial charge in [-0.3, -0.25) is 4.79 Å². The zero-order chi connectivity index (χ0) is 25.5. The molecule has 0 unspecified atom stereocenters. The van der Waals surface area contributed by atoms with Gasteiger partial charge in [-0.15, -0.1) is 0 Å². The molecule has 0 fully saturated rings. The summed E-state index contributed by atoms with van der Waals surface area (Å²) in [6.07, 6.45) is 42.6. The maximum Gasteiger partial charge on any atom is 0.133 e. The molecule has 0 saturated carbocycles. The van der Waals surface area contributed by atoms with Crippen LogP contribution in [0.25, 0.3) is 0 Å². The molecule has 35 heavy (non-hydrogen) atoms. The Morgan fingerprint density at radius 2 is 0.686 bits per heavy atom. The average Bonchev–Trinajstić information content (AvgIpc) is 2.86. The number of rotatable bonds is 31. The van der Waals surface area contributed by atoms with Gasteiger partial charge in [0.2, 0.25) is 0 Å². The third kappa shape index (κ3) is 31.6. The summed E-state index contributed by atoms with van der Waals surface area (Å²) in [4.78, 5) is 12.1. The van der Waals surface area contributed by atoms with E-state index in [1.54, 1.807) is 0 Å². The Balaban J connectivity index is 3.14. The van der Waals surface area contributed by atoms with Crippen LogP contribution in [0.15, 0.2) is 0 Å². The minimum atomic E-state index is 0.471. The van der Waals surface area contributed by atoms with Crippen molar-refractivity contribution in [3.8, 4) is 0 Å². The normalized spacial score (nSPS) is 11.4. The number of carbonyl (C=O) groups is 1. The highest BCUT2D eigenvalue weighted by Gasteiger charge is 2.02. The number of hydrogen-bond donors (Lipinski definition) is 0. The molecule has 1 nitrogen and oxygen atoms in total. The van der Waals surface area contributed by atoms with Gasteiger partial charge in [0.15, 0.2) is 0 Å². The van der Waals surface area contributed by atoms with Gasteiger partial charge in [-0.25, -0.2) is 0 Å². The van der Waals surface area contributed by atoms with E-state index < -0.39 is 0 Å². The zero-order valence-corrected chi connectivity index (χ0v) is 24.7. The van der Waals surface area contributed by atoms with E-state index in [9.17, 15) is 4.79 Å². The minimum Gasteiger partial charge on any atom is -0.300 e. The predicted molar refractivity (Wildman–Crippen MR) is 159 cm³/mol. The quantitative estimate of drug-likeness (QED) is 0.0881. The second-order valence-corrected chi connectivity index (χ2v) is 11.4. The second-order valence-electron chi connectivity index (χ2n) is 11.4. The van der Waals surface area contributed by atoms with Gasteiger partial charge in [-0.1, -0.05) is 181 Å². The van der Waals surface area contributed by atoms with Crippen LogP contribution < -0.4 is 0 Å². The molecule has 0 aromatic rings. The monoisotopic (exact) mass is 492 g/mol. The van der Waals surface area contributed by atoms with Gasteiger partial charge >= 0.3 is 0 Å². The molecule has 0 aromatic heterocycles. The molecule has 0 saturated heterocycles. The molecular weight excluding hydrogens is 424 g/mol. The van der Waals surface area contributed by atoms with Crippen LogP contribution in [-0.4, -0.2) is 5.78 Å². The van der Waals surface area contributed by atoms with Crippen LogP contribution in [0.3, 0.4) is 0 Å². The Morgan fingerprint density at radius 3 is 1.03 bits per heavy atom. The first-order valence-corrected chi connectivity index (χ1v) is 16.6. The van der Waals surface area contributed by atoms with Crippen molar-refractivity contribution in [3.63, 3.8) is 0 Å². The maximum atomic E-state index is 12.1. The average molecular weight is 492 g/mol. The minimum absolute atomic E-state index is 0.471. The first-order chi connectivity index (χ1) is 17.3. The molecule has 0 aromatic carbocycles. The number of Topliss-reactive ketones (excluding diaryl/α,β-unsaturated/α-hetero) is 1. The van der Waals surface area contributed by atoms with E-state index >= 15 is 0 Å². The fourth-order valence-corrected chi connectivity index (χ4v) is 5.19. The van der Waals surface area contributed by atoms with Gasteiger partial charge in [0.1, 0.15) is 5.78 Å². The van der Waals surface area contributed by atoms with Gasteiger partial charge in [0.25, 0.3) is 0 Å². The molecule has 209 valence electrons. The van der Waals surface area contributed by atoms with Crippen molar-refractivity contribution < 1.29 is 4.79 Å². The molecule has 0 aliphatic carbocycles. The van der Waals surface area contributed by atoms with Crippen LogP contribution in [-0.2, 0) is 4.79 Å². The lowest BCUT2D eigenvalue weighted by molar-refractivity contribution is -0.118. The summed E-state index contributed by atoms with van der Waals surface area (Å²) in [5.74, 6) is 0.471. The smallest absolute Gasteiger partial charge is 0.133 e. The van der Waals surface area contributed by atoms with E-state index in [-0.39, 0.29) is 0 Å². The summed E-state index contributed by atoms with van der Waals surface area (Å²) in [7, 11) is 0. The summed E-state index contributed by atoms with van der Waals surface area (Å²) < 4.78 is 0. The number of unbranched alkanes of at least 4 members (excludes halogenated alkanes) is 27. The SMILES string of the molecule is CCCCCCCCCCCCCC[CH]CC(=O)CCCCCCCCCCCCCCCCC. The Bertz CT molecular complexity index is 388. The molecule has 1 radical (unpaired) electrons. The van der Waals surface area contributed by atoms with Crippen LogP contribution in [0.4, 0.5) is 0 Å². The lowest BCUT2D eigenvalue weighted by atomic mass is 10.0. The summed E-state index contributed by atoms with van der Waals surface area (Å²) in [6, 6.07) is 0. The van der Waals surface area contributed by atoms with Crippen LogP contribution in [0, 0.1) is 6.42 Å². The van der Waals surface area contributed by atoms with Crippen molar-refractivity contribution in [1.29, 1.82) is 0 Å². The molecular formula is C34H67O. The van der Waals surface area contributed by atoms with Crippen LogP contribution in [0.1, 0.15) is 206 Å². The fraction of sp³-hybridized carbons (Fsp3) is 0.941.